The molecule has 0 radical (unpaired) electrons. The van der Waals surface area contributed by atoms with Crippen LogP contribution in [0.4, 0.5) is 0 Å². The third-order valence-corrected chi connectivity index (χ3v) is 5.77. The first-order valence-electron chi connectivity index (χ1n) is 6.24. The van der Waals surface area contributed by atoms with Gasteiger partial charge < -0.3 is 13.5 Å². The van der Waals surface area contributed by atoms with Crippen LogP contribution in [-0.2, 0) is 13.6 Å². The van der Waals surface area contributed by atoms with E-state index in [4.69, 9.17) is 13.5 Å². The van der Waals surface area contributed by atoms with Crippen molar-refractivity contribution in [1.82, 2.24) is 0 Å². The van der Waals surface area contributed by atoms with E-state index < -0.39 is 13.2 Å². The lowest BCUT2D eigenvalue weighted by Crippen LogP contribution is -2.26. The zero-order chi connectivity index (χ0) is 15.6. The predicted molar refractivity (Wildman–Crippen MR) is 88.4 cm³/mol. The van der Waals surface area contributed by atoms with Gasteiger partial charge in [-0.15, -0.1) is 0 Å². The molecular weight excluding hydrogens is 427 g/mol. The molecule has 0 amide bonds. The Hall–Kier alpha value is -0.460. The van der Waals surface area contributed by atoms with Gasteiger partial charge in [-0.05, 0) is 48.0 Å². The smallest absolute Gasteiger partial charge is 0.368 e. The second-order valence-electron chi connectivity index (χ2n) is 4.06. The van der Waals surface area contributed by atoms with E-state index in [2.05, 4.69) is 31.9 Å². The van der Waals surface area contributed by atoms with Crippen molar-refractivity contribution in [1.29, 1.82) is 0 Å². The summed E-state index contributed by atoms with van der Waals surface area (Å²) in [7, 11) is -3.68. The fourth-order valence-electron chi connectivity index (χ4n) is 1.85. The zero-order valence-corrected chi connectivity index (χ0v) is 15.5. The maximum atomic E-state index is 12.7. The van der Waals surface area contributed by atoms with E-state index in [0.717, 1.165) is 4.47 Å². The third kappa shape index (κ3) is 3.48. The summed E-state index contributed by atoms with van der Waals surface area (Å²) in [6.45, 7) is 3.69. The highest BCUT2D eigenvalue weighted by molar-refractivity contribution is 9.11. The Morgan fingerprint density at radius 1 is 1.14 bits per heavy atom. The van der Waals surface area contributed by atoms with Crippen LogP contribution in [0.3, 0.4) is 0 Å². The van der Waals surface area contributed by atoms with Gasteiger partial charge in [0.2, 0.25) is 0 Å². The van der Waals surface area contributed by atoms with Crippen molar-refractivity contribution >= 4 is 55.7 Å². The van der Waals surface area contributed by atoms with Gasteiger partial charge in [-0.3, -0.25) is 4.57 Å². The summed E-state index contributed by atoms with van der Waals surface area (Å²) < 4.78 is 29.8. The molecule has 0 saturated heterocycles. The van der Waals surface area contributed by atoms with Crippen molar-refractivity contribution in [3.63, 3.8) is 0 Å². The Morgan fingerprint density at radius 2 is 1.76 bits per heavy atom. The van der Waals surface area contributed by atoms with Crippen LogP contribution in [0.2, 0.25) is 0 Å². The fourth-order valence-corrected chi connectivity index (χ4v) is 4.79. The van der Waals surface area contributed by atoms with Crippen molar-refractivity contribution in [3.8, 4) is 0 Å². The van der Waals surface area contributed by atoms with Crippen LogP contribution >= 0.6 is 39.5 Å². The average Bonchev–Trinajstić information content (AvgIpc) is 2.39. The summed E-state index contributed by atoms with van der Waals surface area (Å²) in [5.41, 5.74) is -0.345. The minimum absolute atomic E-state index is 0.0938. The summed E-state index contributed by atoms with van der Waals surface area (Å²) in [5.74, 6) is 0. The molecule has 1 aromatic heterocycles. The van der Waals surface area contributed by atoms with E-state index >= 15 is 0 Å². The molecule has 0 spiro atoms. The number of hydrogen-bond donors (Lipinski definition) is 0. The molecule has 5 nitrogen and oxygen atoms in total. The Kier molecular flexibility index (Phi) is 5.43. The van der Waals surface area contributed by atoms with Crippen molar-refractivity contribution in [2.45, 2.75) is 13.8 Å². The monoisotopic (exact) mass is 438 g/mol. The highest BCUT2D eigenvalue weighted by atomic mass is 79.9. The second kappa shape index (κ2) is 6.75. The molecule has 0 aliphatic carbocycles. The van der Waals surface area contributed by atoms with Crippen LogP contribution in [-0.4, -0.2) is 13.2 Å². The molecule has 2 aromatic rings. The molecule has 0 fully saturated rings. The van der Waals surface area contributed by atoms with Crippen molar-refractivity contribution in [3.05, 3.63) is 37.6 Å². The molecule has 2 rings (SSSR count). The fraction of sp³-hybridized carbons (Fsp3) is 0.308. The topological polar surface area (TPSA) is 65.7 Å². The summed E-state index contributed by atoms with van der Waals surface area (Å²) in [6.07, 6.45) is 0. The third-order valence-electron chi connectivity index (χ3n) is 2.63. The SMILES string of the molecule is CCOP(=O)(OCC)c1cc2cc(Br)cc(Br)c2oc1=O. The van der Waals surface area contributed by atoms with Gasteiger partial charge in [0.05, 0.1) is 17.7 Å². The molecule has 0 aliphatic heterocycles. The summed E-state index contributed by atoms with van der Waals surface area (Å²) in [6, 6.07) is 5.01. The van der Waals surface area contributed by atoms with E-state index in [-0.39, 0.29) is 18.5 Å². The van der Waals surface area contributed by atoms with Gasteiger partial charge in [-0.25, -0.2) is 4.79 Å². The molecule has 0 N–H and O–H groups in total. The zero-order valence-electron chi connectivity index (χ0n) is 11.4. The molecular formula is C13H13Br2O5P. The molecule has 0 atom stereocenters. The molecule has 0 saturated carbocycles. The van der Waals surface area contributed by atoms with E-state index in [1.54, 1.807) is 26.0 Å². The minimum Gasteiger partial charge on any atom is -0.421 e. The van der Waals surface area contributed by atoms with Crippen LogP contribution in [0.25, 0.3) is 11.0 Å². The standard InChI is InChI=1S/C13H13Br2O5P/c1-3-18-21(17,19-4-2)11-6-8-5-9(14)7-10(15)12(8)20-13(11)16/h5-7H,3-4H2,1-2H3. The van der Waals surface area contributed by atoms with Gasteiger partial charge in [-0.2, -0.15) is 0 Å². The van der Waals surface area contributed by atoms with Crippen LogP contribution < -0.4 is 10.9 Å². The largest absolute Gasteiger partial charge is 0.421 e. The molecule has 0 unspecified atom stereocenters. The van der Waals surface area contributed by atoms with E-state index in [0.29, 0.717) is 15.4 Å². The van der Waals surface area contributed by atoms with Crippen LogP contribution in [0.15, 0.2) is 36.4 Å². The van der Waals surface area contributed by atoms with E-state index in [1.165, 1.54) is 6.07 Å². The van der Waals surface area contributed by atoms with Gasteiger partial charge in [-0.1, -0.05) is 15.9 Å². The van der Waals surface area contributed by atoms with Gasteiger partial charge in [0, 0.05) is 9.86 Å². The van der Waals surface area contributed by atoms with Crippen LogP contribution in [0.5, 0.6) is 0 Å². The Labute approximate surface area is 138 Å². The normalized spacial score (nSPS) is 12.0. The Bertz CT molecular complexity index is 761. The maximum Gasteiger partial charge on any atom is 0.368 e. The molecule has 8 heteroatoms. The first-order chi connectivity index (χ1) is 9.91. The number of halogens is 2. The Morgan fingerprint density at radius 3 is 2.33 bits per heavy atom. The van der Waals surface area contributed by atoms with Gasteiger partial charge in [0.25, 0.3) is 0 Å². The van der Waals surface area contributed by atoms with Crippen molar-refractivity contribution in [2.75, 3.05) is 13.2 Å². The lowest BCUT2D eigenvalue weighted by atomic mass is 10.2. The average molecular weight is 440 g/mol. The highest BCUT2D eigenvalue weighted by Crippen LogP contribution is 2.46. The number of fused-ring (bicyclic) bond motifs is 1. The van der Waals surface area contributed by atoms with Crippen molar-refractivity contribution in [2.24, 2.45) is 0 Å². The molecule has 114 valence electrons. The van der Waals surface area contributed by atoms with Gasteiger partial charge >= 0.3 is 13.2 Å². The van der Waals surface area contributed by atoms with Crippen molar-refractivity contribution < 1.29 is 18.0 Å². The summed E-state index contributed by atoms with van der Waals surface area (Å²) in [4.78, 5) is 12.1. The highest BCUT2D eigenvalue weighted by Gasteiger charge is 2.31. The lowest BCUT2D eigenvalue weighted by molar-refractivity contribution is 0.229. The lowest BCUT2D eigenvalue weighted by Gasteiger charge is -2.16. The minimum atomic E-state index is -3.68. The quantitative estimate of drug-likeness (QED) is 0.515. The number of benzene rings is 1. The molecule has 21 heavy (non-hydrogen) atoms. The first-order valence-corrected chi connectivity index (χ1v) is 9.36. The molecule has 1 heterocycles. The van der Waals surface area contributed by atoms with Crippen LogP contribution in [0.1, 0.15) is 13.8 Å². The van der Waals surface area contributed by atoms with Gasteiger partial charge in [0.1, 0.15) is 0 Å². The molecule has 0 bridgehead atoms. The molecule has 0 aliphatic rings. The number of rotatable bonds is 5. The van der Waals surface area contributed by atoms with Crippen LogP contribution in [0, 0.1) is 0 Å². The summed E-state index contributed by atoms with van der Waals surface area (Å²) in [5, 5.41) is 0.522. The first kappa shape index (κ1) is 16.9. The maximum absolute atomic E-state index is 12.7. The predicted octanol–water partition coefficient (Wildman–Crippen LogP) is 4.21. The Balaban J connectivity index is 2.72. The van der Waals surface area contributed by atoms with E-state index in [1.807, 2.05) is 0 Å². The second-order valence-corrected chi connectivity index (χ2v) is 7.82. The summed E-state index contributed by atoms with van der Waals surface area (Å²) >= 11 is 6.68. The van der Waals surface area contributed by atoms with Gasteiger partial charge in [0.15, 0.2) is 10.9 Å². The van der Waals surface area contributed by atoms with E-state index in [9.17, 15) is 9.36 Å². The number of hydrogen-bond acceptors (Lipinski definition) is 5. The molecule has 1 aromatic carbocycles.